The van der Waals surface area contributed by atoms with Crippen LogP contribution in [0, 0.1) is 0 Å². The summed E-state index contributed by atoms with van der Waals surface area (Å²) in [6.45, 7) is 9.22. The van der Waals surface area contributed by atoms with E-state index in [-0.39, 0.29) is 29.0 Å². The monoisotopic (exact) mass is 596 g/mol. The van der Waals surface area contributed by atoms with Crippen molar-refractivity contribution in [3.8, 4) is 0 Å². The molecule has 0 spiro atoms. The highest BCUT2D eigenvalue weighted by molar-refractivity contribution is 6.30. The topological polar surface area (TPSA) is 134 Å². The molecule has 1 aromatic carbocycles. The molecular weight excluding hydrogens is 560 g/mol. The van der Waals surface area contributed by atoms with Crippen LogP contribution >= 0.6 is 11.6 Å². The van der Waals surface area contributed by atoms with Crippen LogP contribution in [0.15, 0.2) is 43.4 Å². The van der Waals surface area contributed by atoms with Crippen LogP contribution in [0.1, 0.15) is 57.7 Å². The molecule has 0 bridgehead atoms. The minimum atomic E-state index is -0.384. The fourth-order valence-electron chi connectivity index (χ4n) is 5.10. The molecule has 13 heteroatoms. The largest absolute Gasteiger partial charge is 0.333 e. The molecule has 4 heterocycles. The van der Waals surface area contributed by atoms with Crippen LogP contribution < -0.4 is 22.5 Å². The maximum absolute atomic E-state index is 13.0. The zero-order valence-corrected chi connectivity index (χ0v) is 25.7. The predicted molar refractivity (Wildman–Crippen MR) is 165 cm³/mol. The van der Waals surface area contributed by atoms with Crippen molar-refractivity contribution in [2.24, 2.45) is 14.1 Å². The molecular formula is C29H37ClN8O4. The summed E-state index contributed by atoms with van der Waals surface area (Å²) < 4.78 is 7.95. The standard InChI is InChI=1S/C18H21ClN4O2.C11H16N4O2/c1-4-10-22-16-15(21(3)14(5-2)20-16)17(24)23(18(22)25)11-12-6-8-13(19)9-7-12;1-4-6-15-9-8(10(16)13-11(15)17)14(3)7(5-2)12-9/h6-9H,4-5,10-11H2,1-3H3;4-6H2,1-3H3,(H,13,16,17). The highest BCUT2D eigenvalue weighted by atomic mass is 35.5. The van der Waals surface area contributed by atoms with E-state index in [2.05, 4.69) is 15.0 Å². The molecule has 0 radical (unpaired) electrons. The van der Waals surface area contributed by atoms with Crippen LogP contribution in [0.3, 0.4) is 0 Å². The van der Waals surface area contributed by atoms with Crippen LogP contribution in [0.25, 0.3) is 22.3 Å². The third-order valence-electron chi connectivity index (χ3n) is 7.22. The van der Waals surface area contributed by atoms with E-state index < -0.39 is 0 Å². The highest BCUT2D eigenvalue weighted by Gasteiger charge is 2.19. The molecule has 0 aliphatic heterocycles. The fraction of sp³-hybridized carbons (Fsp3) is 0.448. The average molecular weight is 597 g/mol. The molecule has 12 nitrogen and oxygen atoms in total. The summed E-state index contributed by atoms with van der Waals surface area (Å²) >= 11 is 5.92. The zero-order valence-electron chi connectivity index (χ0n) is 24.9. The number of halogens is 1. The maximum Gasteiger partial charge on any atom is 0.333 e. The first kappa shape index (κ1) is 30.8. The van der Waals surface area contributed by atoms with Gasteiger partial charge in [0.25, 0.3) is 11.1 Å². The van der Waals surface area contributed by atoms with E-state index in [9.17, 15) is 19.2 Å². The molecule has 42 heavy (non-hydrogen) atoms. The first-order valence-corrected chi connectivity index (χ1v) is 14.6. The Morgan fingerprint density at radius 2 is 1.26 bits per heavy atom. The third kappa shape index (κ3) is 5.63. The number of benzene rings is 1. The Bertz CT molecular complexity index is 1970. The summed E-state index contributed by atoms with van der Waals surface area (Å²) in [6.07, 6.45) is 3.03. The molecule has 0 saturated heterocycles. The predicted octanol–water partition coefficient (Wildman–Crippen LogP) is 2.97. The number of H-pyrrole nitrogens is 1. The number of aryl methyl sites for hydroxylation is 6. The van der Waals surface area contributed by atoms with Crippen LogP contribution in [0.4, 0.5) is 0 Å². The lowest BCUT2D eigenvalue weighted by Gasteiger charge is -2.11. The fourth-order valence-corrected chi connectivity index (χ4v) is 5.23. The first-order chi connectivity index (χ1) is 20.1. The Morgan fingerprint density at radius 3 is 1.81 bits per heavy atom. The lowest BCUT2D eigenvalue weighted by atomic mass is 10.2. The van der Waals surface area contributed by atoms with Crippen LogP contribution in [-0.4, -0.2) is 37.8 Å². The second-order valence-corrected chi connectivity index (χ2v) is 10.5. The van der Waals surface area contributed by atoms with Gasteiger partial charge in [-0.3, -0.25) is 28.3 Å². The van der Waals surface area contributed by atoms with Crippen molar-refractivity contribution >= 4 is 33.9 Å². The van der Waals surface area contributed by atoms with Crippen molar-refractivity contribution in [1.29, 1.82) is 0 Å². The van der Waals surface area contributed by atoms with Gasteiger partial charge in [0.05, 0.1) is 6.54 Å². The lowest BCUT2D eigenvalue weighted by molar-refractivity contribution is 0.588. The van der Waals surface area contributed by atoms with E-state index in [4.69, 9.17) is 11.6 Å². The quantitative estimate of drug-likeness (QED) is 0.293. The Balaban J connectivity index is 0.000000208. The minimum Gasteiger partial charge on any atom is -0.325 e. The van der Waals surface area contributed by atoms with Crippen molar-refractivity contribution in [3.05, 3.63) is 88.2 Å². The number of aromatic amines is 1. The van der Waals surface area contributed by atoms with Gasteiger partial charge in [0.2, 0.25) is 0 Å². The summed E-state index contributed by atoms with van der Waals surface area (Å²) in [5, 5.41) is 0.620. The summed E-state index contributed by atoms with van der Waals surface area (Å²) in [6, 6.07) is 7.15. The molecule has 0 fully saturated rings. The summed E-state index contributed by atoms with van der Waals surface area (Å²) in [7, 11) is 3.62. The molecule has 224 valence electrons. The van der Waals surface area contributed by atoms with Crippen molar-refractivity contribution in [2.75, 3.05) is 0 Å². The highest BCUT2D eigenvalue weighted by Crippen LogP contribution is 2.13. The molecule has 0 unspecified atom stereocenters. The normalized spacial score (nSPS) is 11.3. The summed E-state index contributed by atoms with van der Waals surface area (Å²) in [5.41, 5.74) is 1.37. The number of rotatable bonds is 8. The third-order valence-corrected chi connectivity index (χ3v) is 7.47. The molecule has 4 aromatic heterocycles. The Kier molecular flexibility index (Phi) is 9.35. The smallest absolute Gasteiger partial charge is 0.325 e. The maximum atomic E-state index is 13.0. The SMILES string of the molecule is CCCn1c(=O)[nH]c(=O)c2c1nc(CC)n2C.CCCn1c(=O)n(Cc2ccc(Cl)cc2)c(=O)c2c1nc(CC)n2C. The molecule has 0 aliphatic rings. The van der Waals surface area contributed by atoms with Gasteiger partial charge < -0.3 is 9.13 Å². The van der Waals surface area contributed by atoms with Crippen molar-refractivity contribution in [1.82, 2.24) is 37.8 Å². The number of hydrogen-bond acceptors (Lipinski definition) is 6. The first-order valence-electron chi connectivity index (χ1n) is 14.2. The number of fused-ring (bicyclic) bond motifs is 2. The van der Waals surface area contributed by atoms with E-state index >= 15 is 0 Å². The van der Waals surface area contributed by atoms with Gasteiger partial charge in [-0.25, -0.2) is 19.6 Å². The van der Waals surface area contributed by atoms with E-state index in [0.29, 0.717) is 46.9 Å². The lowest BCUT2D eigenvalue weighted by Crippen LogP contribution is -2.40. The Hall–Kier alpha value is -4.19. The average Bonchev–Trinajstić information content (AvgIpc) is 3.49. The molecule has 0 amide bonds. The van der Waals surface area contributed by atoms with E-state index in [1.165, 1.54) is 9.13 Å². The van der Waals surface area contributed by atoms with Gasteiger partial charge in [-0.15, -0.1) is 0 Å². The van der Waals surface area contributed by atoms with Gasteiger partial charge in [-0.05, 0) is 30.5 Å². The van der Waals surface area contributed by atoms with Crippen molar-refractivity contribution < 1.29 is 0 Å². The summed E-state index contributed by atoms with van der Waals surface area (Å²) in [5.74, 6) is 1.60. The number of imidazole rings is 2. The molecule has 0 atom stereocenters. The van der Waals surface area contributed by atoms with Gasteiger partial charge in [-0.2, -0.15) is 0 Å². The number of aromatic nitrogens is 8. The Morgan fingerprint density at radius 1 is 0.738 bits per heavy atom. The van der Waals surface area contributed by atoms with Crippen LogP contribution in [0.2, 0.25) is 5.02 Å². The molecule has 0 saturated carbocycles. The molecule has 5 rings (SSSR count). The molecule has 5 aromatic rings. The van der Waals surface area contributed by atoms with Gasteiger partial charge in [0.15, 0.2) is 22.3 Å². The minimum absolute atomic E-state index is 0.209. The number of hydrogen-bond donors (Lipinski definition) is 1. The second kappa shape index (κ2) is 12.8. The van der Waals surface area contributed by atoms with E-state index in [1.807, 2.05) is 46.9 Å². The Labute approximate surface area is 246 Å². The van der Waals surface area contributed by atoms with Crippen molar-refractivity contribution in [3.63, 3.8) is 0 Å². The second-order valence-electron chi connectivity index (χ2n) is 10.1. The van der Waals surface area contributed by atoms with Gasteiger partial charge in [0.1, 0.15) is 11.6 Å². The van der Waals surface area contributed by atoms with Crippen LogP contribution in [0.5, 0.6) is 0 Å². The van der Waals surface area contributed by atoms with Crippen molar-refractivity contribution in [2.45, 2.75) is 73.0 Å². The van der Waals surface area contributed by atoms with E-state index in [1.54, 1.807) is 32.9 Å². The summed E-state index contributed by atoms with van der Waals surface area (Å²) in [4.78, 5) is 60.6. The van der Waals surface area contributed by atoms with Gasteiger partial charge >= 0.3 is 11.4 Å². The van der Waals surface area contributed by atoms with Gasteiger partial charge in [0, 0.05) is 45.0 Å². The molecule has 0 aliphatic carbocycles. The number of nitrogens with zero attached hydrogens (tertiary/aromatic N) is 7. The van der Waals surface area contributed by atoms with Gasteiger partial charge in [-0.1, -0.05) is 51.4 Å². The molecule has 1 N–H and O–H groups in total. The van der Waals surface area contributed by atoms with E-state index in [0.717, 1.165) is 36.5 Å². The van der Waals surface area contributed by atoms with Crippen LogP contribution in [-0.2, 0) is 46.6 Å². The zero-order chi connectivity index (χ0) is 30.7. The number of nitrogens with one attached hydrogen (secondary N) is 1.